The number of nitrogens with one attached hydrogen (secondary N) is 2. The number of nitrogens with zero attached hydrogens (tertiary/aromatic N) is 2. The number of anilines is 1. The minimum absolute atomic E-state index is 0.0984. The minimum atomic E-state index is -0.356. The third-order valence-corrected chi connectivity index (χ3v) is 5.01. The first kappa shape index (κ1) is 18.8. The number of urea groups is 1. The summed E-state index contributed by atoms with van der Waals surface area (Å²) in [6, 6.07) is 12.8. The normalized spacial score (nSPS) is 14.1. The van der Waals surface area contributed by atoms with Gasteiger partial charge in [0.05, 0.1) is 7.11 Å². The van der Waals surface area contributed by atoms with Gasteiger partial charge in [0.1, 0.15) is 17.3 Å². The topological polar surface area (TPSA) is 77.7 Å². The minimum Gasteiger partial charge on any atom is -0.497 e. The molecule has 0 aliphatic carbocycles. The largest absolute Gasteiger partial charge is 0.497 e. The Bertz CT molecular complexity index is 1040. The van der Waals surface area contributed by atoms with Gasteiger partial charge in [-0.25, -0.2) is 9.18 Å². The molecule has 4 rings (SSSR count). The molecule has 0 saturated carbocycles. The zero-order valence-electron chi connectivity index (χ0n) is 15.9. The van der Waals surface area contributed by atoms with Gasteiger partial charge in [-0.1, -0.05) is 0 Å². The second kappa shape index (κ2) is 7.83. The highest BCUT2D eigenvalue weighted by Crippen LogP contribution is 2.22. The highest BCUT2D eigenvalue weighted by atomic mass is 19.1. The van der Waals surface area contributed by atoms with Crippen molar-refractivity contribution in [2.45, 2.75) is 0 Å². The van der Waals surface area contributed by atoms with Gasteiger partial charge in [-0.2, -0.15) is 0 Å². The monoisotopic (exact) mass is 396 g/mol. The van der Waals surface area contributed by atoms with E-state index in [4.69, 9.17) is 4.74 Å². The molecule has 1 aliphatic rings. The average molecular weight is 396 g/mol. The molecule has 7 nitrogen and oxygen atoms in total. The third kappa shape index (κ3) is 4.01. The summed E-state index contributed by atoms with van der Waals surface area (Å²) in [4.78, 5) is 31.7. The molecule has 2 heterocycles. The van der Waals surface area contributed by atoms with Crippen molar-refractivity contribution < 1.29 is 18.7 Å². The Hall–Kier alpha value is -3.55. The number of ether oxygens (including phenoxy) is 1. The zero-order chi connectivity index (χ0) is 20.4. The average Bonchev–Trinajstić information content (AvgIpc) is 3.18. The first-order valence-corrected chi connectivity index (χ1v) is 9.31. The lowest BCUT2D eigenvalue weighted by atomic mass is 10.2. The molecule has 3 aromatic rings. The summed E-state index contributed by atoms with van der Waals surface area (Å²) < 4.78 is 18.2. The van der Waals surface area contributed by atoms with Crippen molar-refractivity contribution in [2.75, 3.05) is 38.6 Å². The van der Waals surface area contributed by atoms with Gasteiger partial charge in [-0.3, -0.25) is 4.79 Å². The van der Waals surface area contributed by atoms with Crippen LogP contribution in [0.25, 0.3) is 10.9 Å². The summed E-state index contributed by atoms with van der Waals surface area (Å²) in [7, 11) is 1.60. The Morgan fingerprint density at radius 3 is 2.38 bits per heavy atom. The van der Waals surface area contributed by atoms with Crippen molar-refractivity contribution in [3.63, 3.8) is 0 Å². The molecule has 2 aromatic carbocycles. The standard InChI is InChI=1S/C21H21FN4O3/c1-29-17-7-2-14-12-19(24-18(14)13-17)20(27)25-8-10-26(11-9-25)21(28)23-16-5-3-15(22)4-6-16/h2-7,12-13,24H,8-11H2,1H3,(H,23,28). The van der Waals surface area contributed by atoms with Crippen molar-refractivity contribution in [1.29, 1.82) is 0 Å². The van der Waals surface area contributed by atoms with Crippen LogP contribution in [0.1, 0.15) is 10.5 Å². The number of aromatic amines is 1. The first-order chi connectivity index (χ1) is 14.0. The molecule has 2 N–H and O–H groups in total. The van der Waals surface area contributed by atoms with Crippen LogP contribution < -0.4 is 10.1 Å². The number of methoxy groups -OCH3 is 1. The van der Waals surface area contributed by atoms with Gasteiger partial charge in [0.2, 0.25) is 0 Å². The molecule has 0 unspecified atom stereocenters. The lowest BCUT2D eigenvalue weighted by Crippen LogP contribution is -2.51. The van der Waals surface area contributed by atoms with Crippen molar-refractivity contribution in [3.8, 4) is 5.75 Å². The van der Waals surface area contributed by atoms with Crippen LogP contribution in [-0.4, -0.2) is 60.0 Å². The molecule has 0 spiro atoms. The fraction of sp³-hybridized carbons (Fsp3) is 0.238. The van der Waals surface area contributed by atoms with Crippen molar-refractivity contribution >= 4 is 28.5 Å². The van der Waals surface area contributed by atoms with Crippen LogP contribution in [0.15, 0.2) is 48.5 Å². The second-order valence-corrected chi connectivity index (χ2v) is 6.85. The number of aromatic nitrogens is 1. The van der Waals surface area contributed by atoms with E-state index in [9.17, 15) is 14.0 Å². The number of hydrogen-bond donors (Lipinski definition) is 2. The van der Waals surface area contributed by atoms with Crippen molar-refractivity contribution in [1.82, 2.24) is 14.8 Å². The number of carbonyl (C=O) groups is 2. The van der Waals surface area contributed by atoms with Crippen LogP contribution in [0, 0.1) is 5.82 Å². The quantitative estimate of drug-likeness (QED) is 0.713. The predicted molar refractivity (Wildman–Crippen MR) is 108 cm³/mol. The van der Waals surface area contributed by atoms with Gasteiger partial charge in [-0.05, 0) is 42.5 Å². The van der Waals surface area contributed by atoms with E-state index in [-0.39, 0.29) is 17.8 Å². The Labute approximate surface area is 167 Å². The van der Waals surface area contributed by atoms with Crippen LogP contribution >= 0.6 is 0 Å². The number of H-pyrrole nitrogens is 1. The second-order valence-electron chi connectivity index (χ2n) is 6.85. The van der Waals surface area contributed by atoms with Gasteiger partial charge in [-0.15, -0.1) is 0 Å². The maximum absolute atomic E-state index is 13.0. The van der Waals surface area contributed by atoms with Crippen LogP contribution in [0.2, 0.25) is 0 Å². The molecule has 0 bridgehead atoms. The molecule has 1 saturated heterocycles. The van der Waals surface area contributed by atoms with Crippen LogP contribution in [0.3, 0.4) is 0 Å². The summed E-state index contributed by atoms with van der Waals surface area (Å²) in [5, 5.41) is 3.68. The van der Waals surface area contributed by atoms with E-state index >= 15 is 0 Å². The van der Waals surface area contributed by atoms with Gasteiger partial charge in [0.15, 0.2) is 0 Å². The molecule has 1 fully saturated rings. The van der Waals surface area contributed by atoms with E-state index in [2.05, 4.69) is 10.3 Å². The number of fused-ring (bicyclic) bond motifs is 1. The number of amides is 3. The fourth-order valence-electron chi connectivity index (χ4n) is 3.37. The molecule has 150 valence electrons. The maximum Gasteiger partial charge on any atom is 0.321 e. The molecular weight excluding hydrogens is 375 g/mol. The Balaban J connectivity index is 1.37. The summed E-state index contributed by atoms with van der Waals surface area (Å²) >= 11 is 0. The lowest BCUT2D eigenvalue weighted by Gasteiger charge is -2.34. The third-order valence-electron chi connectivity index (χ3n) is 5.01. The molecular formula is C21H21FN4O3. The molecule has 1 aliphatic heterocycles. The zero-order valence-corrected chi connectivity index (χ0v) is 15.9. The summed E-state index contributed by atoms with van der Waals surface area (Å²) in [5.41, 5.74) is 1.88. The van der Waals surface area contributed by atoms with Gasteiger partial charge >= 0.3 is 6.03 Å². The van der Waals surface area contributed by atoms with Crippen LogP contribution in [-0.2, 0) is 0 Å². The SMILES string of the molecule is COc1ccc2cc(C(=O)N3CCN(C(=O)Nc4ccc(F)cc4)CC3)[nH]c2c1. The highest BCUT2D eigenvalue weighted by molar-refractivity contribution is 5.98. The van der Waals surface area contributed by atoms with E-state index in [0.29, 0.717) is 37.6 Å². The van der Waals surface area contributed by atoms with E-state index in [1.807, 2.05) is 24.3 Å². The number of carbonyl (C=O) groups excluding carboxylic acids is 2. The van der Waals surface area contributed by atoms with E-state index in [1.165, 1.54) is 24.3 Å². The number of halogens is 1. The molecule has 1 aromatic heterocycles. The first-order valence-electron chi connectivity index (χ1n) is 9.31. The number of rotatable bonds is 3. The molecule has 29 heavy (non-hydrogen) atoms. The summed E-state index contributed by atoms with van der Waals surface area (Å²) in [6.45, 7) is 1.72. The van der Waals surface area contributed by atoms with E-state index < -0.39 is 0 Å². The van der Waals surface area contributed by atoms with E-state index in [1.54, 1.807) is 16.9 Å². The van der Waals surface area contributed by atoms with E-state index in [0.717, 1.165) is 16.7 Å². The highest BCUT2D eigenvalue weighted by Gasteiger charge is 2.25. The molecule has 0 atom stereocenters. The van der Waals surface area contributed by atoms with Crippen molar-refractivity contribution in [3.05, 3.63) is 60.0 Å². The van der Waals surface area contributed by atoms with Crippen LogP contribution in [0.5, 0.6) is 5.75 Å². The number of hydrogen-bond acceptors (Lipinski definition) is 3. The molecule has 8 heteroatoms. The van der Waals surface area contributed by atoms with Crippen molar-refractivity contribution in [2.24, 2.45) is 0 Å². The Kier molecular flexibility index (Phi) is 5.07. The fourth-order valence-corrected chi connectivity index (χ4v) is 3.37. The smallest absolute Gasteiger partial charge is 0.321 e. The Morgan fingerprint density at radius 1 is 1.00 bits per heavy atom. The molecule has 0 radical (unpaired) electrons. The summed E-state index contributed by atoms with van der Waals surface area (Å²) in [5.74, 6) is 0.267. The number of piperazine rings is 1. The number of benzene rings is 2. The van der Waals surface area contributed by atoms with Gasteiger partial charge in [0, 0.05) is 48.8 Å². The maximum atomic E-state index is 13.0. The van der Waals surface area contributed by atoms with Gasteiger partial charge < -0.3 is 24.8 Å². The summed E-state index contributed by atoms with van der Waals surface area (Å²) in [6.07, 6.45) is 0. The molecule has 3 amide bonds. The predicted octanol–water partition coefficient (Wildman–Crippen LogP) is 3.31. The lowest BCUT2D eigenvalue weighted by molar-refractivity contribution is 0.0667. The van der Waals surface area contributed by atoms with Gasteiger partial charge in [0.25, 0.3) is 5.91 Å². The Morgan fingerprint density at radius 2 is 1.69 bits per heavy atom. The van der Waals surface area contributed by atoms with Crippen LogP contribution in [0.4, 0.5) is 14.9 Å².